The van der Waals surface area contributed by atoms with Gasteiger partial charge in [0.05, 0.1) is 5.69 Å². The lowest BCUT2D eigenvalue weighted by Crippen LogP contribution is -2.47. The molecule has 0 radical (unpaired) electrons. The fourth-order valence-electron chi connectivity index (χ4n) is 4.03. The maximum atomic E-state index is 4.73. The summed E-state index contributed by atoms with van der Waals surface area (Å²) in [6.45, 7) is 15.4. The highest BCUT2D eigenvalue weighted by molar-refractivity contribution is 5.79. The molecular formula is C24H39N7. The van der Waals surface area contributed by atoms with Crippen LogP contribution in [0.1, 0.15) is 31.2 Å². The van der Waals surface area contributed by atoms with Gasteiger partial charge in [0.15, 0.2) is 5.96 Å². The van der Waals surface area contributed by atoms with Crippen molar-refractivity contribution in [3.63, 3.8) is 0 Å². The van der Waals surface area contributed by atoms with Crippen molar-refractivity contribution in [2.45, 2.75) is 40.2 Å². The number of para-hydroxylation sites is 1. The molecule has 31 heavy (non-hydrogen) atoms. The van der Waals surface area contributed by atoms with E-state index in [-0.39, 0.29) is 0 Å². The molecule has 0 aliphatic carbocycles. The summed E-state index contributed by atoms with van der Waals surface area (Å²) >= 11 is 0. The number of aromatic nitrogens is 2. The number of hydrogen-bond donors (Lipinski definition) is 2. The van der Waals surface area contributed by atoms with Crippen LogP contribution in [0.15, 0.2) is 41.4 Å². The monoisotopic (exact) mass is 425 g/mol. The summed E-state index contributed by atoms with van der Waals surface area (Å²) in [5.41, 5.74) is 3.64. The van der Waals surface area contributed by atoms with Crippen molar-refractivity contribution in [1.82, 2.24) is 25.3 Å². The lowest BCUT2D eigenvalue weighted by atomic mass is 10.2. The van der Waals surface area contributed by atoms with Gasteiger partial charge in [-0.1, -0.05) is 18.2 Å². The third kappa shape index (κ3) is 7.58. The second-order valence-corrected chi connectivity index (χ2v) is 8.21. The standard InChI is InChI=1S/C24H39N7/c1-4-25-24(27-13-9-15-31-22(3)20-21(2)28-31)26-12-8-14-29-16-18-30(19-17-29)23-10-6-5-7-11-23/h5-7,10-11,20H,4,8-9,12-19H2,1-3H3,(H2,25,26,27). The molecule has 1 aromatic heterocycles. The summed E-state index contributed by atoms with van der Waals surface area (Å²) in [7, 11) is 0. The summed E-state index contributed by atoms with van der Waals surface area (Å²) in [6, 6.07) is 12.9. The Morgan fingerprint density at radius 2 is 1.77 bits per heavy atom. The van der Waals surface area contributed by atoms with E-state index >= 15 is 0 Å². The summed E-state index contributed by atoms with van der Waals surface area (Å²) in [6.07, 6.45) is 2.12. The lowest BCUT2D eigenvalue weighted by Gasteiger charge is -2.36. The van der Waals surface area contributed by atoms with Crippen molar-refractivity contribution >= 4 is 11.6 Å². The van der Waals surface area contributed by atoms with Crippen LogP contribution in [-0.2, 0) is 6.54 Å². The van der Waals surface area contributed by atoms with Crippen LogP contribution in [-0.4, -0.2) is 73.0 Å². The Bertz CT molecular complexity index is 792. The molecule has 0 saturated carbocycles. The van der Waals surface area contributed by atoms with Crippen LogP contribution >= 0.6 is 0 Å². The minimum absolute atomic E-state index is 0.801. The average Bonchev–Trinajstić information content (AvgIpc) is 3.12. The predicted octanol–water partition coefficient (Wildman–Crippen LogP) is 2.66. The number of nitrogens with zero attached hydrogens (tertiary/aromatic N) is 5. The maximum Gasteiger partial charge on any atom is 0.191 e. The van der Waals surface area contributed by atoms with Crippen molar-refractivity contribution < 1.29 is 0 Å². The van der Waals surface area contributed by atoms with Gasteiger partial charge in [-0.05, 0) is 58.4 Å². The molecule has 1 aliphatic heterocycles. The van der Waals surface area contributed by atoms with E-state index in [1.54, 1.807) is 0 Å². The van der Waals surface area contributed by atoms with E-state index in [2.05, 4.69) is 80.5 Å². The maximum absolute atomic E-state index is 4.73. The van der Waals surface area contributed by atoms with Gasteiger partial charge in [0, 0.05) is 63.7 Å². The van der Waals surface area contributed by atoms with Gasteiger partial charge in [-0.25, -0.2) is 0 Å². The number of hydrogen-bond acceptors (Lipinski definition) is 4. The highest BCUT2D eigenvalue weighted by atomic mass is 15.3. The zero-order valence-corrected chi connectivity index (χ0v) is 19.5. The topological polar surface area (TPSA) is 60.7 Å². The Morgan fingerprint density at radius 1 is 1.00 bits per heavy atom. The van der Waals surface area contributed by atoms with Crippen molar-refractivity contribution in [1.29, 1.82) is 0 Å². The fraction of sp³-hybridized carbons (Fsp3) is 0.583. The van der Waals surface area contributed by atoms with Crippen LogP contribution in [0.5, 0.6) is 0 Å². The van der Waals surface area contributed by atoms with Crippen molar-refractivity contribution in [3.05, 3.63) is 47.8 Å². The van der Waals surface area contributed by atoms with Gasteiger partial charge in [-0.3, -0.25) is 14.6 Å². The molecule has 2 heterocycles. The average molecular weight is 426 g/mol. The molecular weight excluding hydrogens is 386 g/mol. The first kappa shape index (κ1) is 23.1. The zero-order chi connectivity index (χ0) is 21.9. The molecule has 7 nitrogen and oxygen atoms in total. The molecule has 1 aliphatic rings. The summed E-state index contributed by atoms with van der Waals surface area (Å²) in [4.78, 5) is 9.78. The van der Waals surface area contributed by atoms with E-state index in [0.717, 1.165) is 83.4 Å². The van der Waals surface area contributed by atoms with E-state index in [4.69, 9.17) is 4.99 Å². The zero-order valence-electron chi connectivity index (χ0n) is 19.5. The number of anilines is 1. The Balaban J connectivity index is 1.31. The van der Waals surface area contributed by atoms with Crippen LogP contribution in [0, 0.1) is 13.8 Å². The van der Waals surface area contributed by atoms with Crippen LogP contribution in [0.25, 0.3) is 0 Å². The second-order valence-electron chi connectivity index (χ2n) is 8.21. The van der Waals surface area contributed by atoms with Gasteiger partial charge in [-0.15, -0.1) is 0 Å². The largest absolute Gasteiger partial charge is 0.369 e. The summed E-state index contributed by atoms with van der Waals surface area (Å²) < 4.78 is 2.07. The molecule has 0 bridgehead atoms. The fourth-order valence-corrected chi connectivity index (χ4v) is 4.03. The molecule has 0 spiro atoms. The molecule has 1 aromatic carbocycles. The predicted molar refractivity (Wildman–Crippen MR) is 130 cm³/mol. The van der Waals surface area contributed by atoms with Gasteiger partial charge in [0.25, 0.3) is 0 Å². The number of rotatable bonds is 10. The van der Waals surface area contributed by atoms with E-state index < -0.39 is 0 Å². The van der Waals surface area contributed by atoms with E-state index in [0.29, 0.717) is 0 Å². The Labute approximate surface area is 187 Å². The molecule has 3 rings (SSSR count). The van der Waals surface area contributed by atoms with Gasteiger partial charge in [0.2, 0.25) is 0 Å². The van der Waals surface area contributed by atoms with Gasteiger partial charge >= 0.3 is 0 Å². The molecule has 2 N–H and O–H groups in total. The summed E-state index contributed by atoms with van der Waals surface area (Å²) in [5, 5.41) is 11.4. The lowest BCUT2D eigenvalue weighted by molar-refractivity contribution is 0.255. The molecule has 170 valence electrons. The first-order valence-corrected chi connectivity index (χ1v) is 11.7. The first-order chi connectivity index (χ1) is 15.2. The van der Waals surface area contributed by atoms with E-state index in [9.17, 15) is 0 Å². The Hall–Kier alpha value is -2.54. The van der Waals surface area contributed by atoms with Gasteiger partial charge < -0.3 is 15.5 Å². The van der Waals surface area contributed by atoms with Gasteiger partial charge in [-0.2, -0.15) is 5.10 Å². The highest BCUT2D eigenvalue weighted by Crippen LogP contribution is 2.15. The molecule has 1 saturated heterocycles. The molecule has 0 atom stereocenters. The van der Waals surface area contributed by atoms with E-state index in [1.807, 2.05) is 6.92 Å². The third-order valence-corrected chi connectivity index (χ3v) is 5.68. The number of aliphatic imine (C=N–C) groups is 1. The SMILES string of the molecule is CCNC(=NCCCn1nc(C)cc1C)NCCCN1CCN(c2ccccc2)CC1. The second kappa shape index (κ2) is 12.3. The van der Waals surface area contributed by atoms with Crippen molar-refractivity contribution in [2.24, 2.45) is 4.99 Å². The van der Waals surface area contributed by atoms with Gasteiger partial charge in [0.1, 0.15) is 0 Å². The first-order valence-electron chi connectivity index (χ1n) is 11.7. The van der Waals surface area contributed by atoms with Crippen LogP contribution in [0.4, 0.5) is 5.69 Å². The number of guanidine groups is 1. The Kier molecular flexibility index (Phi) is 9.21. The minimum Gasteiger partial charge on any atom is -0.369 e. The normalized spacial score (nSPS) is 15.3. The van der Waals surface area contributed by atoms with Crippen molar-refractivity contribution in [3.8, 4) is 0 Å². The van der Waals surface area contributed by atoms with Crippen LogP contribution in [0.2, 0.25) is 0 Å². The molecule has 7 heteroatoms. The smallest absolute Gasteiger partial charge is 0.191 e. The minimum atomic E-state index is 0.801. The van der Waals surface area contributed by atoms with Crippen LogP contribution in [0.3, 0.4) is 0 Å². The third-order valence-electron chi connectivity index (χ3n) is 5.68. The molecule has 0 amide bonds. The molecule has 2 aromatic rings. The van der Waals surface area contributed by atoms with E-state index in [1.165, 1.54) is 11.4 Å². The number of piperazine rings is 1. The quantitative estimate of drug-likeness (QED) is 0.348. The number of benzene rings is 1. The highest BCUT2D eigenvalue weighted by Gasteiger charge is 2.16. The summed E-state index contributed by atoms with van der Waals surface area (Å²) in [5.74, 6) is 0.921. The molecule has 0 unspecified atom stereocenters. The Morgan fingerprint density at radius 3 is 2.45 bits per heavy atom. The molecule has 1 fully saturated rings. The van der Waals surface area contributed by atoms with Crippen molar-refractivity contribution in [2.75, 3.05) is 57.3 Å². The number of aryl methyl sites for hydroxylation is 3. The number of nitrogens with one attached hydrogen (secondary N) is 2. The van der Waals surface area contributed by atoms with Crippen LogP contribution < -0.4 is 15.5 Å².